The van der Waals surface area contributed by atoms with E-state index < -0.39 is 21.9 Å². The zero-order valence-electron chi connectivity index (χ0n) is 7.22. The largest absolute Gasteiger partial charge is 0.478 e. The lowest BCUT2D eigenvalue weighted by Gasteiger charge is -2.03. The van der Waals surface area contributed by atoms with Crippen molar-refractivity contribution in [1.29, 1.82) is 0 Å². The molecule has 0 heterocycles. The van der Waals surface area contributed by atoms with Crippen molar-refractivity contribution in [3.63, 3.8) is 0 Å². The summed E-state index contributed by atoms with van der Waals surface area (Å²) in [5, 5.41) is 8.14. The van der Waals surface area contributed by atoms with E-state index in [4.69, 9.17) is 30.4 Å². The van der Waals surface area contributed by atoms with Gasteiger partial charge in [-0.15, -0.1) is 0 Å². The molecule has 0 saturated heterocycles. The van der Waals surface area contributed by atoms with Crippen LogP contribution in [0, 0.1) is 0 Å². The number of phosphoric acid groups is 2. The van der Waals surface area contributed by atoms with Crippen molar-refractivity contribution in [3.8, 4) is 0 Å². The molecule has 0 amide bonds. The van der Waals surface area contributed by atoms with Crippen molar-refractivity contribution >= 4 is 15.6 Å². The Bertz CT molecular complexity index is 209. The molecule has 0 saturated carbocycles. The van der Waals surface area contributed by atoms with E-state index in [1.807, 2.05) is 6.92 Å². The Morgan fingerprint density at radius 1 is 1.21 bits per heavy atom. The Morgan fingerprint density at radius 3 is 1.43 bits per heavy atom. The van der Waals surface area contributed by atoms with Crippen LogP contribution >= 0.6 is 15.6 Å². The zero-order valence-corrected chi connectivity index (χ0v) is 9.01. The average molecular weight is 253 g/mol. The average Bonchev–Trinajstić information content (AvgIpc) is 1.80. The number of nitrogens with two attached hydrogens (primary N) is 1. The maximum absolute atomic E-state index is 9.63. The van der Waals surface area contributed by atoms with Gasteiger partial charge in [0.2, 0.25) is 0 Å². The normalized spacial score (nSPS) is 14.2. The van der Waals surface area contributed by atoms with Gasteiger partial charge in [-0.05, 0) is 6.42 Å². The van der Waals surface area contributed by atoms with E-state index in [0.717, 1.165) is 0 Å². The molecule has 0 aliphatic rings. The molecule has 0 rings (SSSR count). The molecule has 14 heavy (non-hydrogen) atoms. The molecule has 11 heteroatoms. The minimum absolute atomic E-state index is 0.616. The van der Waals surface area contributed by atoms with Crippen LogP contribution in [0.15, 0.2) is 0 Å². The number of rotatable bonds is 3. The molecule has 0 radical (unpaired) electrons. The quantitative estimate of drug-likeness (QED) is 0.268. The van der Waals surface area contributed by atoms with Gasteiger partial charge in [0.15, 0.2) is 0 Å². The fourth-order valence-corrected chi connectivity index (χ4v) is 1.25. The van der Waals surface area contributed by atoms with Crippen molar-refractivity contribution in [2.24, 2.45) is 5.73 Å². The van der Waals surface area contributed by atoms with Crippen molar-refractivity contribution < 1.29 is 38.1 Å². The van der Waals surface area contributed by atoms with Gasteiger partial charge in [-0.1, -0.05) is 6.92 Å². The van der Waals surface area contributed by atoms with E-state index in [2.05, 4.69) is 4.31 Å². The number of hydrogen-bond acceptors (Lipinski definition) is 5. The molecule has 9 nitrogen and oxygen atoms in total. The van der Waals surface area contributed by atoms with E-state index in [-0.39, 0.29) is 0 Å². The smallest absolute Gasteiger partial charge is 0.379 e. The van der Waals surface area contributed by atoms with Crippen LogP contribution in [0.3, 0.4) is 0 Å². The molecule has 0 spiro atoms. The highest BCUT2D eigenvalue weighted by Gasteiger charge is 2.27. The number of hydrogen-bond donors (Lipinski definition) is 6. The van der Waals surface area contributed by atoms with Crippen molar-refractivity contribution in [3.05, 3.63) is 0 Å². The molecule has 0 aromatic rings. The molecule has 0 aliphatic heterocycles. The van der Waals surface area contributed by atoms with Gasteiger partial charge in [0, 0.05) is 0 Å². The van der Waals surface area contributed by atoms with Gasteiger partial charge in [-0.25, -0.2) is 9.13 Å². The highest BCUT2D eigenvalue weighted by atomic mass is 31.3. The first-order valence-corrected chi connectivity index (χ1v) is 6.30. The van der Waals surface area contributed by atoms with Gasteiger partial charge in [0.1, 0.15) is 6.23 Å². The summed E-state index contributed by atoms with van der Waals surface area (Å²) in [6.07, 6.45) is 0.0231. The van der Waals surface area contributed by atoms with Crippen molar-refractivity contribution in [2.75, 3.05) is 0 Å². The maximum atomic E-state index is 9.63. The lowest BCUT2D eigenvalue weighted by Crippen LogP contribution is -2.16. The molecule has 0 bridgehead atoms. The first-order valence-electron chi connectivity index (χ1n) is 3.24. The topological polar surface area (TPSA) is 171 Å². The Morgan fingerprint density at radius 2 is 1.43 bits per heavy atom. The van der Waals surface area contributed by atoms with E-state index in [1.54, 1.807) is 0 Å². The molecule has 0 aromatic heterocycles. The van der Waals surface area contributed by atoms with Gasteiger partial charge < -0.3 is 30.4 Å². The summed E-state index contributed by atoms with van der Waals surface area (Å²) in [6, 6.07) is 0. The third-order valence-corrected chi connectivity index (χ3v) is 2.33. The molecule has 0 aromatic carbocycles. The van der Waals surface area contributed by atoms with E-state index >= 15 is 0 Å². The first kappa shape index (κ1) is 16.6. The highest BCUT2D eigenvalue weighted by molar-refractivity contribution is 7.60. The third-order valence-electron chi connectivity index (χ3n) is 0.631. The van der Waals surface area contributed by atoms with Crippen molar-refractivity contribution in [1.82, 2.24) is 0 Å². The molecule has 1 unspecified atom stereocenters. The van der Waals surface area contributed by atoms with Gasteiger partial charge in [-0.3, -0.25) is 0 Å². The van der Waals surface area contributed by atoms with Crippen LogP contribution < -0.4 is 5.73 Å². The second-order valence-electron chi connectivity index (χ2n) is 2.04. The van der Waals surface area contributed by atoms with Crippen LogP contribution in [0.1, 0.15) is 13.3 Å². The summed E-state index contributed by atoms with van der Waals surface area (Å²) in [5.74, 6) is 0. The predicted molar refractivity (Wildman–Crippen MR) is 45.7 cm³/mol. The molecule has 1 atom stereocenters. The van der Waals surface area contributed by atoms with Crippen LogP contribution in [0.4, 0.5) is 0 Å². The first-order chi connectivity index (χ1) is 5.98. The Labute approximate surface area is 80.0 Å². The molecule has 7 N–H and O–H groups in total. The molecular formula is C3H13NO8P2. The van der Waals surface area contributed by atoms with E-state index in [1.165, 1.54) is 0 Å². The summed E-state index contributed by atoms with van der Waals surface area (Å²) in [7, 11) is -10.1. The van der Waals surface area contributed by atoms with Crippen LogP contribution in [0.2, 0.25) is 0 Å². The highest BCUT2D eigenvalue weighted by Crippen LogP contribution is 2.53. The predicted octanol–water partition coefficient (Wildman–Crippen LogP) is -1.14. The minimum Gasteiger partial charge on any atom is -0.379 e. The van der Waals surface area contributed by atoms with Gasteiger partial charge in [0.05, 0.1) is 0 Å². The lowest BCUT2D eigenvalue weighted by atomic mass is 10.5. The Balaban J connectivity index is 0. The molecular weight excluding hydrogens is 240 g/mol. The van der Waals surface area contributed by atoms with Crippen LogP contribution in [0.25, 0.3) is 0 Å². The fraction of sp³-hybridized carbons (Fsp3) is 1.00. The summed E-state index contributed by atoms with van der Waals surface area (Å²) < 4.78 is 22.2. The van der Waals surface area contributed by atoms with Crippen LogP contribution in [-0.4, -0.2) is 30.9 Å². The van der Waals surface area contributed by atoms with Gasteiger partial charge in [-0.2, -0.15) is 4.31 Å². The molecule has 0 fully saturated rings. The lowest BCUT2D eigenvalue weighted by molar-refractivity contribution is 0.178. The second kappa shape index (κ2) is 6.62. The summed E-state index contributed by atoms with van der Waals surface area (Å²) in [5.41, 5.74) is 4.85. The van der Waals surface area contributed by atoms with Gasteiger partial charge in [0.25, 0.3) is 0 Å². The molecule has 88 valence electrons. The van der Waals surface area contributed by atoms with E-state index in [0.29, 0.717) is 6.42 Å². The zero-order chi connectivity index (χ0) is 12.0. The summed E-state index contributed by atoms with van der Waals surface area (Å²) in [6.45, 7) is 1.82. The number of aliphatic hydroxyl groups is 1. The Kier molecular flexibility index (Phi) is 7.86. The maximum Gasteiger partial charge on any atom is 0.478 e. The minimum atomic E-state index is -5.05. The third kappa shape index (κ3) is 22.8. The molecule has 0 aliphatic carbocycles. The second-order valence-corrected chi connectivity index (χ2v) is 4.65. The van der Waals surface area contributed by atoms with Crippen molar-refractivity contribution in [2.45, 2.75) is 19.6 Å². The Hall–Kier alpha value is 0.180. The van der Waals surface area contributed by atoms with Crippen LogP contribution in [0.5, 0.6) is 0 Å². The summed E-state index contributed by atoms with van der Waals surface area (Å²) >= 11 is 0. The van der Waals surface area contributed by atoms with Gasteiger partial charge >= 0.3 is 15.6 Å². The summed E-state index contributed by atoms with van der Waals surface area (Å²) in [4.78, 5) is 31.0. The number of aliphatic hydroxyl groups excluding tert-OH is 1. The monoisotopic (exact) mass is 253 g/mol. The van der Waals surface area contributed by atoms with Crippen LogP contribution in [-0.2, 0) is 13.4 Å². The standard InChI is InChI=1S/C3H9NO.H4O7P2/c1-2-3(4)5;1-8(2,3)7-9(4,5)6/h3,5H,2,4H2,1H3;(H2,1,2,3)(H2,4,5,6). The fourth-order valence-electron chi connectivity index (χ4n) is 0.139. The SMILES string of the molecule is CCC(N)O.O=P(O)(O)OP(=O)(O)O. The van der Waals surface area contributed by atoms with E-state index in [9.17, 15) is 9.13 Å².